The monoisotopic (exact) mass is 257 g/mol. The summed E-state index contributed by atoms with van der Waals surface area (Å²) in [5.41, 5.74) is 2.44. The minimum Gasteiger partial charge on any atom is -0.311 e. The van der Waals surface area contributed by atoms with E-state index < -0.39 is 5.82 Å². The lowest BCUT2D eigenvalue weighted by Gasteiger charge is -2.18. The molecule has 0 aromatic heterocycles. The van der Waals surface area contributed by atoms with E-state index in [9.17, 15) is 9.18 Å². The first-order chi connectivity index (χ1) is 9.00. The fourth-order valence-electron chi connectivity index (χ4n) is 1.88. The number of hydrogen-bond acceptors (Lipinski definition) is 1. The van der Waals surface area contributed by atoms with Crippen molar-refractivity contribution >= 4 is 11.6 Å². The topological polar surface area (TPSA) is 20.3 Å². The zero-order chi connectivity index (χ0) is 14.0. The second-order valence-electron chi connectivity index (χ2n) is 4.64. The van der Waals surface area contributed by atoms with Crippen LogP contribution in [0, 0.1) is 19.7 Å². The number of benzene rings is 2. The van der Waals surface area contributed by atoms with E-state index in [2.05, 4.69) is 0 Å². The van der Waals surface area contributed by atoms with Gasteiger partial charge in [0.25, 0.3) is 5.91 Å². The molecule has 0 atom stereocenters. The van der Waals surface area contributed by atoms with Crippen molar-refractivity contribution in [1.82, 2.24) is 0 Å². The molecule has 0 aliphatic carbocycles. The summed E-state index contributed by atoms with van der Waals surface area (Å²) in [6.45, 7) is 3.63. The van der Waals surface area contributed by atoms with E-state index >= 15 is 0 Å². The zero-order valence-corrected chi connectivity index (χ0v) is 11.3. The number of nitrogens with zero attached hydrogens (tertiary/aromatic N) is 1. The molecular weight excluding hydrogens is 241 g/mol. The first-order valence-electron chi connectivity index (χ1n) is 6.10. The van der Waals surface area contributed by atoms with Gasteiger partial charge in [-0.05, 0) is 37.6 Å². The van der Waals surface area contributed by atoms with Gasteiger partial charge in [0.15, 0.2) is 0 Å². The van der Waals surface area contributed by atoms with Crippen LogP contribution in [0.1, 0.15) is 21.5 Å². The molecule has 0 unspecified atom stereocenters. The van der Waals surface area contributed by atoms with Crippen molar-refractivity contribution in [2.75, 3.05) is 11.9 Å². The van der Waals surface area contributed by atoms with Crippen molar-refractivity contribution < 1.29 is 9.18 Å². The minimum absolute atomic E-state index is 0.100. The lowest BCUT2D eigenvalue weighted by Crippen LogP contribution is -2.27. The Labute approximate surface area is 112 Å². The molecule has 2 aromatic carbocycles. The Morgan fingerprint density at radius 3 is 2.32 bits per heavy atom. The molecule has 0 N–H and O–H groups in total. The van der Waals surface area contributed by atoms with E-state index in [1.54, 1.807) is 26.1 Å². The van der Waals surface area contributed by atoms with Crippen LogP contribution < -0.4 is 4.90 Å². The van der Waals surface area contributed by atoms with Gasteiger partial charge < -0.3 is 4.90 Å². The molecule has 0 bridgehead atoms. The van der Waals surface area contributed by atoms with Crippen LogP contribution in [0.3, 0.4) is 0 Å². The molecule has 2 rings (SSSR count). The Hall–Kier alpha value is -2.16. The molecule has 98 valence electrons. The Balaban J connectivity index is 2.33. The SMILES string of the molecule is Cc1ccc(N(C)C(=O)c2cccc(C)c2F)cc1. The molecule has 2 aromatic rings. The average Bonchev–Trinajstić information content (AvgIpc) is 2.41. The quantitative estimate of drug-likeness (QED) is 0.803. The van der Waals surface area contributed by atoms with E-state index in [4.69, 9.17) is 0 Å². The van der Waals surface area contributed by atoms with Gasteiger partial charge in [-0.2, -0.15) is 0 Å². The lowest BCUT2D eigenvalue weighted by atomic mass is 10.1. The molecule has 0 radical (unpaired) electrons. The van der Waals surface area contributed by atoms with Crippen molar-refractivity contribution in [3.05, 3.63) is 65.0 Å². The largest absolute Gasteiger partial charge is 0.311 e. The number of anilines is 1. The van der Waals surface area contributed by atoms with E-state index in [1.807, 2.05) is 31.2 Å². The van der Waals surface area contributed by atoms with Crippen LogP contribution in [0.4, 0.5) is 10.1 Å². The molecule has 2 nitrogen and oxygen atoms in total. The molecule has 0 aliphatic rings. The summed E-state index contributed by atoms with van der Waals surface area (Å²) < 4.78 is 13.9. The normalized spacial score (nSPS) is 10.3. The van der Waals surface area contributed by atoms with E-state index in [0.717, 1.165) is 11.3 Å². The molecule has 0 saturated carbocycles. The van der Waals surface area contributed by atoms with Gasteiger partial charge in [-0.3, -0.25) is 4.79 Å². The highest BCUT2D eigenvalue weighted by atomic mass is 19.1. The summed E-state index contributed by atoms with van der Waals surface area (Å²) in [6, 6.07) is 12.4. The van der Waals surface area contributed by atoms with Crippen molar-refractivity contribution in [1.29, 1.82) is 0 Å². The third-order valence-electron chi connectivity index (χ3n) is 3.15. The van der Waals surface area contributed by atoms with Crippen LogP contribution in [0.5, 0.6) is 0 Å². The highest BCUT2D eigenvalue weighted by Crippen LogP contribution is 2.19. The second kappa shape index (κ2) is 5.22. The van der Waals surface area contributed by atoms with Crippen molar-refractivity contribution in [2.45, 2.75) is 13.8 Å². The third-order valence-corrected chi connectivity index (χ3v) is 3.15. The molecule has 19 heavy (non-hydrogen) atoms. The predicted molar refractivity (Wildman–Crippen MR) is 75.0 cm³/mol. The van der Waals surface area contributed by atoms with Gasteiger partial charge >= 0.3 is 0 Å². The smallest absolute Gasteiger partial charge is 0.260 e. The summed E-state index contributed by atoms with van der Waals surface area (Å²) in [7, 11) is 1.65. The number of hydrogen-bond donors (Lipinski definition) is 0. The molecule has 0 aliphatic heterocycles. The Morgan fingerprint density at radius 2 is 1.68 bits per heavy atom. The van der Waals surface area contributed by atoms with Crippen molar-refractivity contribution in [2.24, 2.45) is 0 Å². The Kier molecular flexibility index (Phi) is 3.65. The summed E-state index contributed by atoms with van der Waals surface area (Å²) >= 11 is 0. The minimum atomic E-state index is -0.452. The highest BCUT2D eigenvalue weighted by molar-refractivity contribution is 6.06. The van der Waals surface area contributed by atoms with Crippen LogP contribution in [0.25, 0.3) is 0 Å². The predicted octanol–water partition coefficient (Wildman–Crippen LogP) is 3.72. The van der Waals surface area contributed by atoms with Gasteiger partial charge in [-0.25, -0.2) is 4.39 Å². The molecular formula is C16H16FNO. The highest BCUT2D eigenvalue weighted by Gasteiger charge is 2.18. The first kappa shape index (κ1) is 13.3. The summed E-state index contributed by atoms with van der Waals surface area (Å²) in [5.74, 6) is -0.795. The van der Waals surface area contributed by atoms with Crippen LogP contribution in [0.2, 0.25) is 0 Å². The molecule has 3 heteroatoms. The number of aryl methyl sites for hydroxylation is 2. The van der Waals surface area contributed by atoms with Gasteiger partial charge in [0.2, 0.25) is 0 Å². The molecule has 1 amide bonds. The summed E-state index contributed by atoms with van der Waals surface area (Å²) in [4.78, 5) is 13.7. The molecule has 0 fully saturated rings. The maximum atomic E-state index is 13.9. The van der Waals surface area contributed by atoms with Crippen LogP contribution in [0.15, 0.2) is 42.5 Å². The molecule has 0 saturated heterocycles. The maximum Gasteiger partial charge on any atom is 0.260 e. The number of carbonyl (C=O) groups excluding carboxylic acids is 1. The van der Waals surface area contributed by atoms with Gasteiger partial charge in [-0.15, -0.1) is 0 Å². The Bertz CT molecular complexity index is 605. The first-order valence-corrected chi connectivity index (χ1v) is 6.10. The van der Waals surface area contributed by atoms with E-state index in [-0.39, 0.29) is 11.5 Å². The van der Waals surface area contributed by atoms with Crippen LogP contribution in [-0.2, 0) is 0 Å². The number of carbonyl (C=O) groups is 1. The fourth-order valence-corrected chi connectivity index (χ4v) is 1.88. The summed E-state index contributed by atoms with van der Waals surface area (Å²) in [5, 5.41) is 0. The van der Waals surface area contributed by atoms with E-state index in [0.29, 0.717) is 5.56 Å². The van der Waals surface area contributed by atoms with Gasteiger partial charge in [0.05, 0.1) is 5.56 Å². The summed E-state index contributed by atoms with van der Waals surface area (Å²) in [6.07, 6.45) is 0. The number of rotatable bonds is 2. The second-order valence-corrected chi connectivity index (χ2v) is 4.64. The van der Waals surface area contributed by atoms with E-state index in [1.165, 1.54) is 11.0 Å². The standard InChI is InChI=1S/C16H16FNO/c1-11-7-9-13(10-8-11)18(3)16(19)14-6-4-5-12(2)15(14)17/h4-10H,1-3H3. The van der Waals surface area contributed by atoms with Crippen molar-refractivity contribution in [3.8, 4) is 0 Å². The zero-order valence-electron chi connectivity index (χ0n) is 11.3. The van der Waals surface area contributed by atoms with Gasteiger partial charge in [0, 0.05) is 12.7 Å². The van der Waals surface area contributed by atoms with Gasteiger partial charge in [0.1, 0.15) is 5.82 Å². The third kappa shape index (κ3) is 2.65. The Morgan fingerprint density at radius 1 is 1.05 bits per heavy atom. The number of halogens is 1. The van der Waals surface area contributed by atoms with Crippen molar-refractivity contribution in [3.63, 3.8) is 0 Å². The van der Waals surface area contributed by atoms with Crippen LogP contribution >= 0.6 is 0 Å². The fraction of sp³-hybridized carbons (Fsp3) is 0.188. The van der Waals surface area contributed by atoms with Crippen LogP contribution in [-0.4, -0.2) is 13.0 Å². The van der Waals surface area contributed by atoms with Gasteiger partial charge in [-0.1, -0.05) is 29.8 Å². The maximum absolute atomic E-state index is 13.9. The average molecular weight is 257 g/mol. The molecule has 0 heterocycles. The molecule has 0 spiro atoms. The lowest BCUT2D eigenvalue weighted by molar-refractivity contribution is 0.0989. The number of amides is 1.